The molecule has 7 nitrogen and oxygen atoms in total. The molecule has 28 heavy (non-hydrogen) atoms. The number of hydrogen-bond donors (Lipinski definition) is 1. The van der Waals surface area contributed by atoms with Crippen molar-refractivity contribution in [2.24, 2.45) is 0 Å². The lowest BCUT2D eigenvalue weighted by Crippen LogP contribution is -2.49. The standard InChI is InChI=1S/C21H19NO6/c1-27-15-7-8-16-14(11-20(24)28-18(16)12-15)10-19(23)22-17(21(25)26)9-13-5-3-2-4-6-13/h2-8,11-12,17H,9-10H2,1H3,(H,22,23)(H,25,26)/p-1/t17-/m0/s1. The summed E-state index contributed by atoms with van der Waals surface area (Å²) in [6.07, 6.45) is -0.0726. The summed E-state index contributed by atoms with van der Waals surface area (Å²) in [5.41, 5.74) is 0.873. The molecule has 1 heterocycles. The van der Waals surface area contributed by atoms with Crippen molar-refractivity contribution in [1.29, 1.82) is 0 Å². The van der Waals surface area contributed by atoms with E-state index in [1.54, 1.807) is 42.5 Å². The van der Waals surface area contributed by atoms with E-state index >= 15 is 0 Å². The van der Waals surface area contributed by atoms with Gasteiger partial charge in [-0.1, -0.05) is 30.3 Å². The lowest BCUT2D eigenvalue weighted by atomic mass is 10.0. The molecule has 0 saturated carbocycles. The van der Waals surface area contributed by atoms with Crippen molar-refractivity contribution in [3.63, 3.8) is 0 Å². The Balaban J connectivity index is 1.80. The van der Waals surface area contributed by atoms with Gasteiger partial charge in [0.15, 0.2) is 0 Å². The summed E-state index contributed by atoms with van der Waals surface area (Å²) >= 11 is 0. The molecule has 2 aromatic carbocycles. The SMILES string of the molecule is COc1ccc2c(CC(=O)N[C@@H](Cc3ccccc3)C(=O)[O-])cc(=O)oc2c1. The minimum absolute atomic E-state index is 0.101. The summed E-state index contributed by atoms with van der Waals surface area (Å²) in [4.78, 5) is 35.7. The van der Waals surface area contributed by atoms with E-state index < -0.39 is 23.5 Å². The Morgan fingerprint density at radius 1 is 1.14 bits per heavy atom. The van der Waals surface area contributed by atoms with Gasteiger partial charge in [0.2, 0.25) is 5.91 Å². The zero-order valence-electron chi connectivity index (χ0n) is 15.1. The number of ether oxygens (including phenoxy) is 1. The second-order valence-corrected chi connectivity index (χ2v) is 6.26. The molecule has 0 radical (unpaired) electrons. The number of rotatable bonds is 7. The summed E-state index contributed by atoms with van der Waals surface area (Å²) in [6.45, 7) is 0. The van der Waals surface area contributed by atoms with Crippen LogP contribution in [-0.4, -0.2) is 25.0 Å². The number of carboxylic acids is 1. The van der Waals surface area contributed by atoms with Crippen molar-refractivity contribution in [2.45, 2.75) is 18.9 Å². The van der Waals surface area contributed by atoms with Crippen LogP contribution in [0.5, 0.6) is 5.75 Å². The van der Waals surface area contributed by atoms with Crippen LogP contribution in [-0.2, 0) is 22.4 Å². The van der Waals surface area contributed by atoms with E-state index in [-0.39, 0.29) is 18.4 Å². The van der Waals surface area contributed by atoms with Crippen LogP contribution in [0.4, 0.5) is 0 Å². The molecule has 0 saturated heterocycles. The van der Waals surface area contributed by atoms with Crippen LogP contribution in [0, 0.1) is 0 Å². The summed E-state index contributed by atoms with van der Waals surface area (Å²) in [5.74, 6) is -1.40. The Morgan fingerprint density at radius 2 is 1.89 bits per heavy atom. The second kappa shape index (κ2) is 8.39. The zero-order valence-corrected chi connectivity index (χ0v) is 15.1. The van der Waals surface area contributed by atoms with Crippen molar-refractivity contribution in [1.82, 2.24) is 5.32 Å². The maximum atomic E-state index is 12.4. The summed E-state index contributed by atoms with van der Waals surface area (Å²) in [5, 5.41) is 14.5. The third-order valence-electron chi connectivity index (χ3n) is 4.29. The fraction of sp³-hybridized carbons (Fsp3) is 0.190. The van der Waals surface area contributed by atoms with Gasteiger partial charge in [-0.3, -0.25) is 4.79 Å². The number of carboxylic acid groups (broad SMARTS) is 1. The van der Waals surface area contributed by atoms with Crippen molar-refractivity contribution in [3.05, 3.63) is 76.1 Å². The van der Waals surface area contributed by atoms with Crippen molar-refractivity contribution in [3.8, 4) is 5.75 Å². The molecule has 144 valence electrons. The molecule has 0 spiro atoms. The highest BCUT2D eigenvalue weighted by atomic mass is 16.5. The number of aliphatic carboxylic acids is 1. The number of amides is 1. The lowest BCUT2D eigenvalue weighted by molar-refractivity contribution is -0.308. The molecular formula is C21H18NO6-. The van der Waals surface area contributed by atoms with Gasteiger partial charge in [0.05, 0.1) is 25.5 Å². The van der Waals surface area contributed by atoms with Crippen molar-refractivity contribution >= 4 is 22.8 Å². The fourth-order valence-electron chi connectivity index (χ4n) is 2.94. The van der Waals surface area contributed by atoms with Crippen LogP contribution in [0.25, 0.3) is 11.0 Å². The van der Waals surface area contributed by atoms with Crippen molar-refractivity contribution in [2.75, 3.05) is 7.11 Å². The van der Waals surface area contributed by atoms with Crippen LogP contribution >= 0.6 is 0 Å². The first-order chi connectivity index (χ1) is 13.5. The molecule has 1 aromatic heterocycles. The molecule has 1 atom stereocenters. The third kappa shape index (κ3) is 4.56. The van der Waals surface area contributed by atoms with Gasteiger partial charge in [0.25, 0.3) is 0 Å². The van der Waals surface area contributed by atoms with Crippen LogP contribution in [0.1, 0.15) is 11.1 Å². The molecule has 0 aliphatic carbocycles. The van der Waals surface area contributed by atoms with E-state index in [4.69, 9.17) is 9.15 Å². The molecule has 1 N–H and O–H groups in total. The highest BCUT2D eigenvalue weighted by Crippen LogP contribution is 2.22. The summed E-state index contributed by atoms with van der Waals surface area (Å²) in [6, 6.07) is 13.9. The topological polar surface area (TPSA) is 109 Å². The maximum Gasteiger partial charge on any atom is 0.336 e. The van der Waals surface area contributed by atoms with Crippen LogP contribution in [0.2, 0.25) is 0 Å². The first-order valence-electron chi connectivity index (χ1n) is 8.61. The van der Waals surface area contributed by atoms with Gasteiger partial charge < -0.3 is 24.4 Å². The molecule has 3 aromatic rings. The van der Waals surface area contributed by atoms with E-state index in [9.17, 15) is 19.5 Å². The minimum Gasteiger partial charge on any atom is -0.548 e. The Bertz CT molecular complexity index is 1060. The number of carbonyl (C=O) groups is 2. The van der Waals surface area contributed by atoms with Crippen LogP contribution in [0.3, 0.4) is 0 Å². The van der Waals surface area contributed by atoms with E-state index in [1.165, 1.54) is 13.2 Å². The van der Waals surface area contributed by atoms with Crippen molar-refractivity contribution < 1.29 is 23.8 Å². The van der Waals surface area contributed by atoms with Crippen LogP contribution in [0.15, 0.2) is 63.8 Å². The van der Waals surface area contributed by atoms with E-state index in [0.717, 1.165) is 5.56 Å². The Labute approximate surface area is 160 Å². The highest BCUT2D eigenvalue weighted by molar-refractivity contribution is 5.89. The molecule has 0 aliphatic heterocycles. The number of carbonyl (C=O) groups excluding carboxylic acids is 2. The number of fused-ring (bicyclic) bond motifs is 1. The summed E-state index contributed by atoms with van der Waals surface area (Å²) < 4.78 is 10.3. The number of hydrogen-bond acceptors (Lipinski definition) is 6. The molecule has 0 fully saturated rings. The molecule has 0 bridgehead atoms. The van der Waals surface area contributed by atoms with Crippen LogP contribution < -0.4 is 20.8 Å². The summed E-state index contributed by atoms with van der Waals surface area (Å²) in [7, 11) is 1.49. The average Bonchev–Trinajstić information content (AvgIpc) is 2.67. The molecule has 0 unspecified atom stereocenters. The quantitative estimate of drug-likeness (QED) is 0.608. The smallest absolute Gasteiger partial charge is 0.336 e. The van der Waals surface area contributed by atoms with Gasteiger partial charge in [0.1, 0.15) is 11.3 Å². The molecular weight excluding hydrogens is 362 g/mol. The molecule has 0 aliphatic rings. The Morgan fingerprint density at radius 3 is 2.57 bits per heavy atom. The van der Waals surface area contributed by atoms with E-state index in [2.05, 4.69) is 5.32 Å². The van der Waals surface area contributed by atoms with E-state index in [0.29, 0.717) is 16.7 Å². The maximum absolute atomic E-state index is 12.4. The Hall–Kier alpha value is -3.61. The molecule has 1 amide bonds. The highest BCUT2D eigenvalue weighted by Gasteiger charge is 2.16. The average molecular weight is 380 g/mol. The first-order valence-corrected chi connectivity index (χ1v) is 8.61. The van der Waals surface area contributed by atoms with Gasteiger partial charge in [-0.2, -0.15) is 0 Å². The predicted molar refractivity (Wildman–Crippen MR) is 99.8 cm³/mol. The minimum atomic E-state index is -1.38. The van der Waals surface area contributed by atoms with Gasteiger partial charge in [0, 0.05) is 17.5 Å². The number of methoxy groups -OCH3 is 1. The van der Waals surface area contributed by atoms with Gasteiger partial charge in [-0.25, -0.2) is 4.79 Å². The first kappa shape index (κ1) is 19.2. The second-order valence-electron chi connectivity index (χ2n) is 6.26. The monoisotopic (exact) mass is 380 g/mol. The van der Waals surface area contributed by atoms with Gasteiger partial charge in [-0.15, -0.1) is 0 Å². The fourth-order valence-corrected chi connectivity index (χ4v) is 2.94. The Kier molecular flexibility index (Phi) is 5.74. The van der Waals surface area contributed by atoms with Gasteiger partial charge >= 0.3 is 5.63 Å². The third-order valence-corrected chi connectivity index (χ3v) is 4.29. The van der Waals surface area contributed by atoms with Gasteiger partial charge in [-0.05, 0) is 29.7 Å². The lowest BCUT2D eigenvalue weighted by Gasteiger charge is -2.20. The number of benzene rings is 2. The molecule has 3 rings (SSSR count). The number of nitrogens with one attached hydrogen (secondary N) is 1. The molecule has 7 heteroatoms. The predicted octanol–water partition coefficient (Wildman–Crippen LogP) is 0.821. The largest absolute Gasteiger partial charge is 0.548 e. The zero-order chi connectivity index (χ0) is 20.1. The normalized spacial score (nSPS) is 11.8. The van der Waals surface area contributed by atoms with E-state index in [1.807, 2.05) is 6.07 Å².